The summed E-state index contributed by atoms with van der Waals surface area (Å²) in [4.78, 5) is 31.6. The summed E-state index contributed by atoms with van der Waals surface area (Å²) in [5.41, 5.74) is 5.32. The van der Waals surface area contributed by atoms with Crippen molar-refractivity contribution in [3.8, 4) is 22.8 Å². The third kappa shape index (κ3) is 4.41. The van der Waals surface area contributed by atoms with Gasteiger partial charge >= 0.3 is 0 Å². The second kappa shape index (κ2) is 9.30. The number of anilines is 2. The van der Waals surface area contributed by atoms with Gasteiger partial charge in [-0.25, -0.2) is 4.98 Å². The topological polar surface area (TPSA) is 118 Å². The van der Waals surface area contributed by atoms with E-state index in [9.17, 15) is 4.79 Å². The number of carbonyl (C=O) groups is 1. The predicted molar refractivity (Wildman–Crippen MR) is 151 cm³/mol. The van der Waals surface area contributed by atoms with Crippen molar-refractivity contribution >= 4 is 39.7 Å². The van der Waals surface area contributed by atoms with Crippen LogP contribution in [0.4, 0.5) is 11.6 Å². The Balaban J connectivity index is 0.00000169. The Hall–Kier alpha value is -4.60. The van der Waals surface area contributed by atoms with E-state index in [1.54, 1.807) is 24.1 Å². The first-order chi connectivity index (χ1) is 19.1. The number of methoxy groups -OCH3 is 1. The zero-order chi connectivity index (χ0) is 26.5. The van der Waals surface area contributed by atoms with Crippen molar-refractivity contribution in [1.29, 1.82) is 0 Å². The van der Waals surface area contributed by atoms with Gasteiger partial charge in [0.25, 0.3) is 5.91 Å². The molecule has 2 aliphatic rings. The van der Waals surface area contributed by atoms with E-state index in [0.29, 0.717) is 40.4 Å². The summed E-state index contributed by atoms with van der Waals surface area (Å²) >= 11 is 0. The zero-order valence-electron chi connectivity index (χ0n) is 21.8. The smallest absolute Gasteiger partial charge is 0.254 e. The number of amides is 1. The lowest BCUT2D eigenvalue weighted by Gasteiger charge is -2.16. The highest BCUT2D eigenvalue weighted by atomic mass is 16.5. The van der Waals surface area contributed by atoms with E-state index in [1.807, 2.05) is 37.4 Å². The molecule has 39 heavy (non-hydrogen) atoms. The SMILES string of the molecule is COc1cc(C(=O)N2CC2)ccc1Nc1nc(OC2CCCC2)c2c(-c3ccc4nc(C)oc4c3)c[nH]c2n1.[HH].[HH]. The number of aromatic amines is 1. The van der Waals surface area contributed by atoms with Crippen molar-refractivity contribution in [1.82, 2.24) is 24.8 Å². The first-order valence-corrected chi connectivity index (χ1v) is 13.2. The van der Waals surface area contributed by atoms with E-state index in [-0.39, 0.29) is 14.9 Å². The molecule has 0 unspecified atom stereocenters. The molecule has 10 heteroatoms. The number of H-pyrrole nitrogens is 1. The van der Waals surface area contributed by atoms with Crippen LogP contribution in [0.5, 0.6) is 11.6 Å². The molecule has 7 rings (SSSR count). The van der Waals surface area contributed by atoms with Gasteiger partial charge in [0, 0.05) is 40.2 Å². The van der Waals surface area contributed by atoms with Crippen molar-refractivity contribution in [2.45, 2.75) is 38.7 Å². The Bertz CT molecular complexity index is 1730. The van der Waals surface area contributed by atoms with Crippen LogP contribution < -0.4 is 14.8 Å². The fraction of sp³-hybridized carbons (Fsp3) is 0.310. The van der Waals surface area contributed by atoms with Crippen LogP contribution in [0.25, 0.3) is 33.3 Å². The van der Waals surface area contributed by atoms with Crippen molar-refractivity contribution in [3.63, 3.8) is 0 Å². The molecule has 4 heterocycles. The van der Waals surface area contributed by atoms with Gasteiger partial charge in [0.1, 0.15) is 23.0 Å². The molecular formula is C29H32N6O4. The standard InChI is InChI=1S/C29H28N6O4.2H2/c1-16-31-22-9-7-17(13-24(22)38-16)20-15-30-26-25(20)27(39-19-5-3-4-6-19)34-29(33-26)32-21-10-8-18(14-23(21)37-2)28(36)35-11-12-35;;/h7-10,13-15,19H,3-6,11-12H2,1-2H3,(H2,30,32,33,34);2*1H. The fourth-order valence-corrected chi connectivity index (χ4v) is 5.22. The average molecular weight is 529 g/mol. The Morgan fingerprint density at radius 3 is 2.77 bits per heavy atom. The van der Waals surface area contributed by atoms with E-state index in [0.717, 1.165) is 66.4 Å². The van der Waals surface area contributed by atoms with E-state index in [2.05, 4.69) is 15.3 Å². The molecule has 1 amide bonds. The van der Waals surface area contributed by atoms with E-state index >= 15 is 0 Å². The largest absolute Gasteiger partial charge is 0.495 e. The van der Waals surface area contributed by atoms with Gasteiger partial charge in [-0.3, -0.25) is 4.79 Å². The Kier molecular flexibility index (Phi) is 5.61. The number of ether oxygens (including phenoxy) is 2. The number of rotatable bonds is 7. The molecular weight excluding hydrogens is 496 g/mol. The minimum Gasteiger partial charge on any atom is -0.495 e. The molecule has 1 saturated heterocycles. The normalized spacial score (nSPS) is 15.3. The summed E-state index contributed by atoms with van der Waals surface area (Å²) in [7, 11) is 1.58. The third-order valence-corrected chi connectivity index (χ3v) is 7.31. The molecule has 1 saturated carbocycles. The van der Waals surface area contributed by atoms with E-state index < -0.39 is 0 Å². The van der Waals surface area contributed by atoms with Gasteiger partial charge in [0.2, 0.25) is 11.8 Å². The van der Waals surface area contributed by atoms with Crippen LogP contribution in [0.15, 0.2) is 47.0 Å². The summed E-state index contributed by atoms with van der Waals surface area (Å²) < 4.78 is 17.9. The second-order valence-electron chi connectivity index (χ2n) is 10.1. The number of nitrogens with one attached hydrogen (secondary N) is 2. The highest BCUT2D eigenvalue weighted by Crippen LogP contribution is 2.38. The van der Waals surface area contributed by atoms with Crippen LogP contribution >= 0.6 is 0 Å². The Morgan fingerprint density at radius 1 is 1.13 bits per heavy atom. The number of hydrogen-bond donors (Lipinski definition) is 2. The second-order valence-corrected chi connectivity index (χ2v) is 10.1. The van der Waals surface area contributed by atoms with Crippen LogP contribution in [0, 0.1) is 6.92 Å². The van der Waals surface area contributed by atoms with Crippen molar-refractivity contribution in [2.24, 2.45) is 0 Å². The van der Waals surface area contributed by atoms with E-state index in [1.165, 1.54) is 0 Å². The van der Waals surface area contributed by atoms with Gasteiger partial charge in [0.15, 0.2) is 11.5 Å². The molecule has 2 N–H and O–H groups in total. The minimum atomic E-state index is 0. The van der Waals surface area contributed by atoms with Crippen LogP contribution in [-0.4, -0.2) is 57.0 Å². The molecule has 5 aromatic rings. The lowest BCUT2D eigenvalue weighted by molar-refractivity contribution is 0.0885. The number of aryl methyl sites for hydroxylation is 1. The number of nitrogens with zero attached hydrogens (tertiary/aromatic N) is 4. The van der Waals surface area contributed by atoms with Gasteiger partial charge in [-0.05, 0) is 61.6 Å². The summed E-state index contributed by atoms with van der Waals surface area (Å²) in [6, 6.07) is 11.3. The molecule has 0 bridgehead atoms. The Labute approximate surface area is 227 Å². The van der Waals surface area contributed by atoms with Crippen molar-refractivity contribution < 1.29 is 21.5 Å². The third-order valence-electron chi connectivity index (χ3n) is 7.31. The molecule has 1 aliphatic heterocycles. The molecule has 0 spiro atoms. The summed E-state index contributed by atoms with van der Waals surface area (Å²) in [5, 5.41) is 4.09. The van der Waals surface area contributed by atoms with E-state index in [4.69, 9.17) is 23.9 Å². The first kappa shape index (κ1) is 23.5. The average Bonchev–Trinajstić information content (AvgIpc) is 3.29. The van der Waals surface area contributed by atoms with Crippen LogP contribution in [0.2, 0.25) is 0 Å². The highest BCUT2D eigenvalue weighted by molar-refractivity contribution is 5.99. The zero-order valence-corrected chi connectivity index (χ0v) is 21.8. The van der Waals surface area contributed by atoms with Crippen LogP contribution in [-0.2, 0) is 0 Å². The Morgan fingerprint density at radius 2 is 1.97 bits per heavy atom. The lowest BCUT2D eigenvalue weighted by Crippen LogP contribution is -2.13. The minimum absolute atomic E-state index is 0. The molecule has 2 fully saturated rings. The van der Waals surface area contributed by atoms with Crippen molar-refractivity contribution in [2.75, 3.05) is 25.5 Å². The van der Waals surface area contributed by atoms with Crippen LogP contribution in [0.1, 0.15) is 44.8 Å². The quantitative estimate of drug-likeness (QED) is 0.243. The first-order valence-electron chi connectivity index (χ1n) is 13.2. The number of aromatic nitrogens is 4. The van der Waals surface area contributed by atoms with Crippen LogP contribution in [0.3, 0.4) is 0 Å². The summed E-state index contributed by atoms with van der Waals surface area (Å²) in [6.07, 6.45) is 6.31. The molecule has 1 aliphatic carbocycles. The number of oxazole rings is 1. The van der Waals surface area contributed by atoms with Gasteiger partial charge in [-0.2, -0.15) is 9.97 Å². The summed E-state index contributed by atoms with van der Waals surface area (Å²) in [6.45, 7) is 3.43. The number of benzene rings is 2. The number of hydrogen-bond acceptors (Lipinski definition) is 8. The maximum Gasteiger partial charge on any atom is 0.254 e. The van der Waals surface area contributed by atoms with Gasteiger partial charge in [0.05, 0.1) is 18.2 Å². The maximum absolute atomic E-state index is 12.5. The maximum atomic E-state index is 12.5. The number of carbonyl (C=O) groups excluding carboxylic acids is 1. The highest BCUT2D eigenvalue weighted by Gasteiger charge is 2.26. The van der Waals surface area contributed by atoms with Gasteiger partial charge in [-0.1, -0.05) is 6.07 Å². The van der Waals surface area contributed by atoms with Gasteiger partial charge < -0.3 is 29.1 Å². The predicted octanol–water partition coefficient (Wildman–Crippen LogP) is 6.10. The molecule has 10 nitrogen and oxygen atoms in total. The number of fused-ring (bicyclic) bond motifs is 2. The molecule has 202 valence electrons. The van der Waals surface area contributed by atoms with Gasteiger partial charge in [-0.15, -0.1) is 0 Å². The lowest BCUT2D eigenvalue weighted by atomic mass is 10.1. The monoisotopic (exact) mass is 528 g/mol. The van der Waals surface area contributed by atoms with Crippen molar-refractivity contribution in [3.05, 3.63) is 54.0 Å². The molecule has 0 atom stereocenters. The summed E-state index contributed by atoms with van der Waals surface area (Å²) in [5.74, 6) is 2.05. The fourth-order valence-electron chi connectivity index (χ4n) is 5.22. The molecule has 3 aromatic heterocycles. The molecule has 2 aromatic carbocycles. The molecule has 0 radical (unpaired) electrons.